The molecular formula is C29H44BClN6O6. The van der Waals surface area contributed by atoms with Gasteiger partial charge in [-0.3, -0.25) is 15.0 Å². The Morgan fingerprint density at radius 1 is 1.23 bits per heavy atom. The number of halogens is 1. The van der Waals surface area contributed by atoms with Crippen LogP contribution in [0.25, 0.3) is 0 Å². The van der Waals surface area contributed by atoms with Crippen molar-refractivity contribution in [2.75, 3.05) is 6.54 Å². The van der Waals surface area contributed by atoms with Crippen LogP contribution >= 0.6 is 11.6 Å². The summed E-state index contributed by atoms with van der Waals surface area (Å²) >= 11 is 6.08. The Kier molecular flexibility index (Phi) is 10.3. The van der Waals surface area contributed by atoms with E-state index in [0.29, 0.717) is 35.3 Å². The molecule has 6 atom stereocenters. The lowest BCUT2D eigenvalue weighted by Crippen LogP contribution is -2.65. The number of guanidine groups is 1. The van der Waals surface area contributed by atoms with Crippen LogP contribution in [0.15, 0.2) is 24.3 Å². The summed E-state index contributed by atoms with van der Waals surface area (Å²) in [6.07, 6.45) is 3.32. The van der Waals surface area contributed by atoms with Crippen LogP contribution in [0.5, 0.6) is 0 Å². The van der Waals surface area contributed by atoms with Crippen LogP contribution in [0.2, 0.25) is 5.02 Å². The number of carbonyl (C=O) groups excluding carboxylic acids is 2. The van der Waals surface area contributed by atoms with Crippen LogP contribution < -0.4 is 21.4 Å². The van der Waals surface area contributed by atoms with Crippen molar-refractivity contribution < 1.29 is 23.9 Å². The molecule has 0 spiro atoms. The van der Waals surface area contributed by atoms with Crippen LogP contribution in [0.1, 0.15) is 72.3 Å². The molecule has 1 aromatic carbocycles. The Bertz CT molecular complexity index is 1220. The summed E-state index contributed by atoms with van der Waals surface area (Å²) in [5.41, 5.74) is 2.23. The summed E-state index contributed by atoms with van der Waals surface area (Å²) in [4.78, 5) is 37.3. The summed E-state index contributed by atoms with van der Waals surface area (Å²) in [7, 11) is -0.602. The largest absolute Gasteiger partial charge is 0.481 e. The van der Waals surface area contributed by atoms with Gasteiger partial charge in [0.25, 0.3) is 5.96 Å². The second-order valence-electron chi connectivity index (χ2n) is 13.3. The van der Waals surface area contributed by atoms with Crippen molar-refractivity contribution in [3.05, 3.63) is 45.0 Å². The van der Waals surface area contributed by atoms with Crippen molar-refractivity contribution in [2.24, 2.45) is 23.2 Å². The van der Waals surface area contributed by atoms with E-state index in [1.165, 1.54) is 0 Å². The highest BCUT2D eigenvalue weighted by Gasteiger charge is 2.68. The first-order valence-corrected chi connectivity index (χ1v) is 15.5. The van der Waals surface area contributed by atoms with Crippen molar-refractivity contribution >= 4 is 36.5 Å². The van der Waals surface area contributed by atoms with Crippen molar-refractivity contribution in [3.63, 3.8) is 0 Å². The summed E-state index contributed by atoms with van der Waals surface area (Å²) < 4.78 is 13.2. The average Bonchev–Trinajstić information content (AvgIpc) is 3.26. The van der Waals surface area contributed by atoms with Gasteiger partial charge in [0.15, 0.2) is 5.03 Å². The molecule has 43 heavy (non-hydrogen) atoms. The minimum atomic E-state index is -0.883. The molecule has 2 bridgehead atoms. The van der Waals surface area contributed by atoms with Crippen molar-refractivity contribution in [1.29, 1.82) is 5.41 Å². The highest BCUT2D eigenvalue weighted by Crippen LogP contribution is 2.65. The van der Waals surface area contributed by atoms with E-state index in [1.54, 1.807) is 29.7 Å². The van der Waals surface area contributed by atoms with E-state index < -0.39 is 35.7 Å². The average molecular weight is 619 g/mol. The molecule has 5 N–H and O–H groups in total. The van der Waals surface area contributed by atoms with Crippen LogP contribution in [-0.4, -0.2) is 60.2 Å². The first kappa shape index (κ1) is 33.0. The molecule has 4 aliphatic rings. The molecule has 4 fully saturated rings. The van der Waals surface area contributed by atoms with Crippen molar-refractivity contribution in [2.45, 2.75) is 96.8 Å². The summed E-state index contributed by atoms with van der Waals surface area (Å²) in [6, 6.07) is 6.09. The number of rotatable bonds is 13. The fraction of sp³-hybridized carbons (Fsp3) is 0.690. The zero-order valence-electron chi connectivity index (χ0n) is 25.6. The molecule has 1 aromatic rings. The molecule has 3 saturated carbocycles. The van der Waals surface area contributed by atoms with Gasteiger partial charge in [0, 0.05) is 11.6 Å². The van der Waals surface area contributed by atoms with E-state index >= 15 is 0 Å². The minimum absolute atomic E-state index is 0.0248. The van der Waals surface area contributed by atoms with Gasteiger partial charge in [-0.2, -0.15) is 0 Å². The fourth-order valence-electron chi connectivity index (χ4n) is 7.10. The van der Waals surface area contributed by atoms with E-state index in [-0.39, 0.29) is 48.6 Å². The smallest absolute Gasteiger partial charge is 0.404 e. The van der Waals surface area contributed by atoms with Gasteiger partial charge >= 0.3 is 7.12 Å². The number of hydrogen-bond donors (Lipinski definition) is 5. The van der Waals surface area contributed by atoms with Gasteiger partial charge < -0.3 is 25.3 Å². The van der Waals surface area contributed by atoms with E-state index in [0.717, 1.165) is 12.8 Å². The van der Waals surface area contributed by atoms with Gasteiger partial charge in [-0.1, -0.05) is 56.9 Å². The lowest BCUT2D eigenvalue weighted by atomic mass is 9.43. The predicted molar refractivity (Wildman–Crippen MR) is 164 cm³/mol. The number of amides is 2. The number of nitro groups is 1. The molecule has 0 aromatic heterocycles. The van der Waals surface area contributed by atoms with Crippen LogP contribution in [0.3, 0.4) is 0 Å². The quantitative estimate of drug-likeness (QED) is 0.0561. The predicted octanol–water partition coefficient (Wildman–Crippen LogP) is 3.25. The first-order valence-electron chi connectivity index (χ1n) is 15.1. The van der Waals surface area contributed by atoms with Gasteiger partial charge in [0.05, 0.1) is 24.1 Å². The number of hydrazine groups is 1. The van der Waals surface area contributed by atoms with Crippen molar-refractivity contribution in [1.82, 2.24) is 21.4 Å². The molecule has 236 valence electrons. The Labute approximate surface area is 258 Å². The number of hydrogen-bond acceptors (Lipinski definition) is 7. The zero-order valence-corrected chi connectivity index (χ0v) is 26.3. The third-order valence-electron chi connectivity index (χ3n) is 9.43. The van der Waals surface area contributed by atoms with E-state index in [9.17, 15) is 19.7 Å². The standard InChI is InChI=1S/C29H44BClN6O6/c1-17(2)12-24(30-42-23-16-19-15-22(28(19,3)4)29(23,5)43-30)35-26(39)21(10-7-11-33-27(32)36-37(40)41)34-25(38)14-18-8-6-9-20(31)13-18/h6,8-9,13,17,19,21-24H,7,10-12,14-16H2,1-5H3,(H,34,38)(H,35,39)(H3,32,33,36)/t19-,21-,22-,23+,24-,29-/m0/s1. The number of carbonyl (C=O) groups is 2. The molecule has 12 nitrogen and oxygen atoms in total. The van der Waals surface area contributed by atoms with Gasteiger partial charge in [-0.15, -0.1) is 0 Å². The van der Waals surface area contributed by atoms with Crippen LogP contribution in [-0.2, 0) is 25.3 Å². The lowest BCUT2D eigenvalue weighted by molar-refractivity contribution is -0.525. The normalized spacial score (nSPS) is 26.5. The molecule has 3 aliphatic carbocycles. The van der Waals surface area contributed by atoms with Gasteiger partial charge in [0.2, 0.25) is 11.8 Å². The number of nitrogens with one attached hydrogen (secondary N) is 5. The number of nitrogens with zero attached hydrogens (tertiary/aromatic N) is 1. The summed E-state index contributed by atoms with van der Waals surface area (Å²) in [6.45, 7) is 11.1. The highest BCUT2D eigenvalue weighted by atomic mass is 35.5. The van der Waals surface area contributed by atoms with E-state index in [1.807, 2.05) is 0 Å². The second-order valence-corrected chi connectivity index (χ2v) is 13.8. The topological polar surface area (TPSA) is 168 Å². The molecule has 2 amide bonds. The molecule has 5 rings (SSSR count). The fourth-order valence-corrected chi connectivity index (χ4v) is 7.31. The maximum absolute atomic E-state index is 13.8. The molecule has 1 aliphatic heterocycles. The maximum atomic E-state index is 13.8. The third kappa shape index (κ3) is 7.80. The Hall–Kier alpha value is -2.90. The maximum Gasteiger partial charge on any atom is 0.481 e. The molecule has 1 heterocycles. The van der Waals surface area contributed by atoms with Gasteiger partial charge in [-0.25, -0.2) is 10.1 Å². The Morgan fingerprint density at radius 3 is 2.63 bits per heavy atom. The monoisotopic (exact) mass is 618 g/mol. The van der Waals surface area contributed by atoms with E-state index in [2.05, 4.69) is 50.6 Å². The Balaban J connectivity index is 1.43. The molecule has 0 unspecified atom stereocenters. The molecular weight excluding hydrogens is 575 g/mol. The van der Waals surface area contributed by atoms with Gasteiger partial charge in [0.1, 0.15) is 6.04 Å². The molecule has 14 heteroatoms. The SMILES string of the molecule is CC(C)C[C@H](NC(=O)[C@H](CCCNC(=N)N[N+](=O)[O-])NC(=O)Cc1cccc(Cl)c1)B1O[C@@H]2C[C@@H]3C[C@@H](C3(C)C)[C@]2(C)O1. The minimum Gasteiger partial charge on any atom is -0.404 e. The lowest BCUT2D eigenvalue weighted by Gasteiger charge is -2.64. The number of benzene rings is 1. The Morgan fingerprint density at radius 2 is 1.98 bits per heavy atom. The first-order chi connectivity index (χ1) is 20.2. The second kappa shape index (κ2) is 13.4. The van der Waals surface area contributed by atoms with Gasteiger partial charge in [-0.05, 0) is 79.9 Å². The van der Waals surface area contributed by atoms with Crippen LogP contribution in [0, 0.1) is 38.7 Å². The summed E-state index contributed by atoms with van der Waals surface area (Å²) in [5, 5.41) is 26.4. The third-order valence-corrected chi connectivity index (χ3v) is 9.67. The highest BCUT2D eigenvalue weighted by molar-refractivity contribution is 6.48. The molecule has 1 saturated heterocycles. The molecule has 0 radical (unpaired) electrons. The van der Waals surface area contributed by atoms with Crippen molar-refractivity contribution in [3.8, 4) is 0 Å². The summed E-state index contributed by atoms with van der Waals surface area (Å²) in [5.74, 6) is -0.339. The van der Waals surface area contributed by atoms with E-state index in [4.69, 9.17) is 26.3 Å². The zero-order chi connectivity index (χ0) is 31.5. The van der Waals surface area contributed by atoms with Crippen LogP contribution in [0.4, 0.5) is 0 Å².